The molecule has 21 heavy (non-hydrogen) atoms. The molecule has 0 saturated carbocycles. The summed E-state index contributed by atoms with van der Waals surface area (Å²) in [6.45, 7) is 2.00. The van der Waals surface area contributed by atoms with E-state index in [0.29, 0.717) is 5.56 Å². The summed E-state index contributed by atoms with van der Waals surface area (Å²) in [4.78, 5) is 29.0. The molecule has 0 bridgehead atoms. The van der Waals surface area contributed by atoms with Crippen LogP contribution in [-0.4, -0.2) is 40.5 Å². The Balaban J connectivity index is 2.40. The van der Waals surface area contributed by atoms with Crippen molar-refractivity contribution >= 4 is 38.7 Å². The zero-order chi connectivity index (χ0) is 15.6. The van der Waals surface area contributed by atoms with Crippen LogP contribution in [0, 0.1) is 6.92 Å². The number of rotatable bonds is 4. The summed E-state index contributed by atoms with van der Waals surface area (Å²) in [5, 5.41) is 9.47. The average Bonchev–Trinajstić information content (AvgIpc) is 2.42. The quantitative estimate of drug-likeness (QED) is 0.920. The molecule has 1 aromatic heterocycles. The first-order valence-corrected chi connectivity index (χ1v) is 7.22. The van der Waals surface area contributed by atoms with Gasteiger partial charge >= 0.3 is 5.97 Å². The van der Waals surface area contributed by atoms with Crippen LogP contribution in [0.4, 0.5) is 0 Å². The monoisotopic (exact) mass is 350 g/mol. The Morgan fingerprint density at radius 3 is 2.71 bits per heavy atom. The molecular weight excluding hydrogens is 336 g/mol. The molecule has 0 aliphatic heterocycles. The number of carbonyl (C=O) groups excluding carboxylic acids is 1. The fourth-order valence-corrected chi connectivity index (χ4v) is 2.43. The van der Waals surface area contributed by atoms with Crippen molar-refractivity contribution in [1.29, 1.82) is 0 Å². The summed E-state index contributed by atoms with van der Waals surface area (Å²) in [7, 11) is 1.60. The second-order valence-electron chi connectivity index (χ2n) is 4.84. The van der Waals surface area contributed by atoms with Gasteiger partial charge in [-0.3, -0.25) is 14.6 Å². The molecule has 1 amide bonds. The second kappa shape index (κ2) is 6.22. The molecule has 1 heterocycles. The fraction of sp³-hybridized carbons (Fsp3) is 0.267. The van der Waals surface area contributed by atoms with Gasteiger partial charge in [-0.25, -0.2) is 0 Å². The Bertz CT molecular complexity index is 710. The van der Waals surface area contributed by atoms with Crippen LogP contribution in [0.3, 0.4) is 0 Å². The third-order valence-electron chi connectivity index (χ3n) is 3.14. The van der Waals surface area contributed by atoms with Crippen LogP contribution in [0.15, 0.2) is 28.7 Å². The van der Waals surface area contributed by atoms with Crippen LogP contribution in [0.25, 0.3) is 10.9 Å². The molecule has 1 aromatic carbocycles. The van der Waals surface area contributed by atoms with E-state index in [-0.39, 0.29) is 18.9 Å². The molecule has 6 heteroatoms. The number of fused-ring (bicyclic) bond motifs is 1. The van der Waals surface area contributed by atoms with Crippen LogP contribution in [0.1, 0.15) is 22.5 Å². The number of aromatic nitrogens is 1. The Labute approximate surface area is 130 Å². The highest BCUT2D eigenvalue weighted by atomic mass is 79.9. The highest BCUT2D eigenvalue weighted by Gasteiger charge is 2.17. The molecule has 0 aliphatic carbocycles. The van der Waals surface area contributed by atoms with Crippen LogP contribution in [0.2, 0.25) is 0 Å². The molecule has 1 N–H and O–H groups in total. The maximum atomic E-state index is 12.5. The number of nitrogens with zero attached hydrogens (tertiary/aromatic N) is 2. The highest BCUT2D eigenvalue weighted by Crippen LogP contribution is 2.23. The predicted octanol–water partition coefficient (Wildman–Crippen LogP) is 2.85. The molecule has 0 fully saturated rings. The van der Waals surface area contributed by atoms with Crippen molar-refractivity contribution in [3.63, 3.8) is 0 Å². The van der Waals surface area contributed by atoms with Gasteiger partial charge < -0.3 is 10.0 Å². The van der Waals surface area contributed by atoms with E-state index in [0.717, 1.165) is 21.1 Å². The summed E-state index contributed by atoms with van der Waals surface area (Å²) in [5.74, 6) is -1.12. The lowest BCUT2D eigenvalue weighted by molar-refractivity contribution is -0.137. The molecule has 5 nitrogen and oxygen atoms in total. The number of aliphatic carboxylic acids is 1. The molecule has 0 aliphatic rings. The van der Waals surface area contributed by atoms with Crippen molar-refractivity contribution in [1.82, 2.24) is 9.88 Å². The number of amides is 1. The molecule has 2 aromatic rings. The Morgan fingerprint density at radius 1 is 1.33 bits per heavy atom. The fourth-order valence-electron chi connectivity index (χ4n) is 2.08. The molecule has 0 radical (unpaired) electrons. The van der Waals surface area contributed by atoms with Crippen LogP contribution in [0.5, 0.6) is 0 Å². The number of hydrogen-bond acceptors (Lipinski definition) is 3. The van der Waals surface area contributed by atoms with Crippen molar-refractivity contribution in [2.24, 2.45) is 0 Å². The molecule has 2 rings (SSSR count). The lowest BCUT2D eigenvalue weighted by Gasteiger charge is -2.17. The first kappa shape index (κ1) is 15.4. The zero-order valence-electron chi connectivity index (χ0n) is 11.8. The minimum atomic E-state index is -0.922. The Hall–Kier alpha value is -1.95. The number of halogens is 1. The number of carbonyl (C=O) groups is 2. The summed E-state index contributed by atoms with van der Waals surface area (Å²) in [6.07, 6.45) is -0.0736. The third kappa shape index (κ3) is 3.58. The molecule has 0 spiro atoms. The van der Waals surface area contributed by atoms with Crippen molar-refractivity contribution in [2.45, 2.75) is 13.3 Å². The van der Waals surface area contributed by atoms with E-state index in [1.807, 2.05) is 25.1 Å². The van der Waals surface area contributed by atoms with E-state index >= 15 is 0 Å². The normalized spacial score (nSPS) is 10.6. The van der Waals surface area contributed by atoms with Crippen molar-refractivity contribution in [3.8, 4) is 0 Å². The average molecular weight is 351 g/mol. The van der Waals surface area contributed by atoms with E-state index in [2.05, 4.69) is 20.9 Å². The van der Waals surface area contributed by atoms with E-state index in [1.54, 1.807) is 13.1 Å². The predicted molar refractivity (Wildman–Crippen MR) is 83.4 cm³/mol. The SMILES string of the molecule is Cc1cc(C(=O)N(C)CCC(=O)O)c2ccc(Br)cc2n1. The van der Waals surface area contributed by atoms with E-state index in [9.17, 15) is 9.59 Å². The van der Waals surface area contributed by atoms with E-state index in [1.165, 1.54) is 4.90 Å². The lowest BCUT2D eigenvalue weighted by Crippen LogP contribution is -2.29. The summed E-state index contributed by atoms with van der Waals surface area (Å²) < 4.78 is 0.894. The minimum Gasteiger partial charge on any atom is -0.481 e. The van der Waals surface area contributed by atoms with Crippen LogP contribution in [-0.2, 0) is 4.79 Å². The standard InChI is InChI=1S/C15H15BrN2O3/c1-9-7-12(15(21)18(2)6-5-14(19)20)11-4-3-10(16)8-13(11)17-9/h3-4,7-8H,5-6H2,1-2H3,(H,19,20). The second-order valence-corrected chi connectivity index (χ2v) is 5.76. The first-order valence-electron chi connectivity index (χ1n) is 6.42. The largest absolute Gasteiger partial charge is 0.481 e. The van der Waals surface area contributed by atoms with Gasteiger partial charge in [0.05, 0.1) is 17.5 Å². The van der Waals surface area contributed by atoms with Gasteiger partial charge in [-0.1, -0.05) is 22.0 Å². The first-order chi connectivity index (χ1) is 9.88. The van der Waals surface area contributed by atoms with Gasteiger partial charge in [-0.05, 0) is 25.1 Å². The Kier molecular flexibility index (Phi) is 4.57. The van der Waals surface area contributed by atoms with Gasteiger partial charge in [0.25, 0.3) is 5.91 Å². The van der Waals surface area contributed by atoms with Crippen molar-refractivity contribution in [2.75, 3.05) is 13.6 Å². The molecule has 110 valence electrons. The van der Waals surface area contributed by atoms with E-state index < -0.39 is 5.97 Å². The smallest absolute Gasteiger partial charge is 0.305 e. The van der Waals surface area contributed by atoms with Gasteiger partial charge in [-0.2, -0.15) is 0 Å². The minimum absolute atomic E-state index is 0.0736. The van der Waals surface area contributed by atoms with Crippen LogP contribution < -0.4 is 0 Å². The summed E-state index contributed by atoms with van der Waals surface area (Å²) in [5.41, 5.74) is 2.02. The summed E-state index contributed by atoms with van der Waals surface area (Å²) in [6, 6.07) is 7.28. The summed E-state index contributed by atoms with van der Waals surface area (Å²) >= 11 is 3.39. The number of carboxylic acid groups (broad SMARTS) is 1. The highest BCUT2D eigenvalue weighted by molar-refractivity contribution is 9.10. The maximum Gasteiger partial charge on any atom is 0.305 e. The topological polar surface area (TPSA) is 70.5 Å². The molecule has 0 unspecified atom stereocenters. The van der Waals surface area contributed by atoms with Crippen molar-refractivity contribution in [3.05, 3.63) is 40.0 Å². The zero-order valence-corrected chi connectivity index (χ0v) is 13.3. The molecular formula is C15H15BrN2O3. The van der Waals surface area contributed by atoms with Crippen molar-refractivity contribution < 1.29 is 14.7 Å². The molecule has 0 atom stereocenters. The van der Waals surface area contributed by atoms with Gasteiger partial charge in [-0.15, -0.1) is 0 Å². The maximum absolute atomic E-state index is 12.5. The van der Waals surface area contributed by atoms with Gasteiger partial charge in [0.15, 0.2) is 0 Å². The number of aryl methyl sites for hydroxylation is 1. The Morgan fingerprint density at radius 2 is 2.05 bits per heavy atom. The third-order valence-corrected chi connectivity index (χ3v) is 3.63. The molecule has 0 saturated heterocycles. The van der Waals surface area contributed by atoms with Gasteiger partial charge in [0.1, 0.15) is 0 Å². The number of pyridine rings is 1. The van der Waals surface area contributed by atoms with Gasteiger partial charge in [0, 0.05) is 29.1 Å². The number of benzene rings is 1. The number of carboxylic acids is 1. The van der Waals surface area contributed by atoms with E-state index in [4.69, 9.17) is 5.11 Å². The van der Waals surface area contributed by atoms with Crippen LogP contribution >= 0.6 is 15.9 Å². The lowest BCUT2D eigenvalue weighted by atomic mass is 10.1. The number of hydrogen-bond donors (Lipinski definition) is 1. The van der Waals surface area contributed by atoms with Gasteiger partial charge in [0.2, 0.25) is 0 Å².